The number of hydrogen-bond donors (Lipinski definition) is 1. The van der Waals surface area contributed by atoms with Crippen molar-refractivity contribution >= 4 is 5.91 Å². The standard InChI is InChI=1S/C18H27N3O2/c1-15(23)21-13-18(12-17(21,2)14-22)5-9-20(10-6-18)11-16-3-7-19-8-4-16/h3-4,7-8,22H,5-6,9-14H2,1-2H3/t17-/m0/s1. The monoisotopic (exact) mass is 317 g/mol. The van der Waals surface area contributed by atoms with Gasteiger partial charge >= 0.3 is 0 Å². The molecule has 5 heteroatoms. The number of likely N-dealkylation sites (tertiary alicyclic amines) is 2. The van der Waals surface area contributed by atoms with Crippen LogP contribution in [0.2, 0.25) is 0 Å². The first-order chi connectivity index (χ1) is 11.0. The number of rotatable bonds is 3. The van der Waals surface area contributed by atoms with Crippen molar-refractivity contribution in [3.8, 4) is 0 Å². The molecule has 1 atom stereocenters. The first-order valence-corrected chi connectivity index (χ1v) is 8.47. The summed E-state index contributed by atoms with van der Waals surface area (Å²) in [5.74, 6) is 0.0811. The van der Waals surface area contributed by atoms with Crippen LogP contribution in [0.3, 0.4) is 0 Å². The van der Waals surface area contributed by atoms with Crippen LogP contribution in [-0.4, -0.2) is 57.6 Å². The third-order valence-corrected chi connectivity index (χ3v) is 5.69. The van der Waals surface area contributed by atoms with Crippen LogP contribution < -0.4 is 0 Å². The number of hydrogen-bond acceptors (Lipinski definition) is 4. The lowest BCUT2D eigenvalue weighted by molar-refractivity contribution is -0.134. The molecule has 5 nitrogen and oxygen atoms in total. The number of aromatic nitrogens is 1. The number of carbonyl (C=O) groups excluding carboxylic acids is 1. The summed E-state index contributed by atoms with van der Waals surface area (Å²) in [7, 11) is 0. The Bertz CT molecular complexity index is 555. The zero-order valence-corrected chi connectivity index (χ0v) is 14.2. The van der Waals surface area contributed by atoms with Gasteiger partial charge in [0.15, 0.2) is 0 Å². The van der Waals surface area contributed by atoms with Crippen LogP contribution in [0.1, 0.15) is 38.7 Å². The highest BCUT2D eigenvalue weighted by Gasteiger charge is 2.52. The fourth-order valence-corrected chi connectivity index (χ4v) is 4.38. The van der Waals surface area contributed by atoms with E-state index >= 15 is 0 Å². The summed E-state index contributed by atoms with van der Waals surface area (Å²) in [6.45, 7) is 7.55. The molecule has 0 unspecified atom stereocenters. The minimum atomic E-state index is -0.390. The summed E-state index contributed by atoms with van der Waals surface area (Å²) < 4.78 is 0. The SMILES string of the molecule is CC(=O)N1CC2(CCN(Cc3ccncc3)CC2)C[C@@]1(C)CO. The molecule has 1 N–H and O–H groups in total. The number of pyridine rings is 1. The van der Waals surface area contributed by atoms with Crippen molar-refractivity contribution in [3.05, 3.63) is 30.1 Å². The Hall–Kier alpha value is -1.46. The Kier molecular flexibility index (Phi) is 4.43. The second-order valence-corrected chi connectivity index (χ2v) is 7.57. The van der Waals surface area contributed by atoms with Gasteiger partial charge in [-0.1, -0.05) is 0 Å². The number of aliphatic hydroxyl groups is 1. The smallest absolute Gasteiger partial charge is 0.219 e. The Balaban J connectivity index is 1.63. The van der Waals surface area contributed by atoms with E-state index in [1.165, 1.54) is 5.56 Å². The van der Waals surface area contributed by atoms with Gasteiger partial charge in [-0.15, -0.1) is 0 Å². The summed E-state index contributed by atoms with van der Waals surface area (Å²) >= 11 is 0. The van der Waals surface area contributed by atoms with Crippen molar-refractivity contribution in [2.45, 2.75) is 45.2 Å². The van der Waals surface area contributed by atoms with E-state index in [1.807, 2.05) is 24.2 Å². The molecule has 0 aromatic carbocycles. The van der Waals surface area contributed by atoms with Gasteiger partial charge in [0, 0.05) is 32.4 Å². The van der Waals surface area contributed by atoms with Crippen LogP contribution in [0.4, 0.5) is 0 Å². The molecular formula is C18H27N3O2. The van der Waals surface area contributed by atoms with E-state index in [1.54, 1.807) is 6.92 Å². The van der Waals surface area contributed by atoms with Crippen molar-refractivity contribution in [2.75, 3.05) is 26.2 Å². The van der Waals surface area contributed by atoms with Gasteiger partial charge in [-0.05, 0) is 62.4 Å². The predicted octanol–water partition coefficient (Wildman–Crippen LogP) is 1.67. The summed E-state index contributed by atoms with van der Waals surface area (Å²) in [5.41, 5.74) is 1.09. The van der Waals surface area contributed by atoms with Crippen molar-refractivity contribution in [1.29, 1.82) is 0 Å². The van der Waals surface area contributed by atoms with Gasteiger partial charge in [-0.25, -0.2) is 0 Å². The number of aliphatic hydroxyl groups excluding tert-OH is 1. The quantitative estimate of drug-likeness (QED) is 0.921. The van der Waals surface area contributed by atoms with Crippen LogP contribution in [0, 0.1) is 5.41 Å². The molecule has 1 aromatic rings. The zero-order valence-electron chi connectivity index (χ0n) is 14.2. The molecule has 0 aliphatic carbocycles. The Labute approximate surface area is 138 Å². The van der Waals surface area contributed by atoms with Crippen molar-refractivity contribution in [2.24, 2.45) is 5.41 Å². The Morgan fingerprint density at radius 1 is 1.30 bits per heavy atom. The highest BCUT2D eigenvalue weighted by Crippen LogP contribution is 2.48. The van der Waals surface area contributed by atoms with Crippen molar-refractivity contribution in [1.82, 2.24) is 14.8 Å². The average molecular weight is 317 g/mol. The minimum absolute atomic E-state index is 0.0507. The molecule has 2 aliphatic heterocycles. The molecule has 2 fully saturated rings. The third kappa shape index (κ3) is 3.26. The first-order valence-electron chi connectivity index (χ1n) is 8.47. The summed E-state index contributed by atoms with van der Waals surface area (Å²) in [4.78, 5) is 20.4. The summed E-state index contributed by atoms with van der Waals surface area (Å²) in [6.07, 6.45) is 6.79. The van der Waals surface area contributed by atoms with Gasteiger partial charge in [0.1, 0.15) is 0 Å². The molecule has 126 valence electrons. The van der Waals surface area contributed by atoms with Crippen molar-refractivity contribution < 1.29 is 9.90 Å². The number of piperidine rings is 1. The molecule has 0 radical (unpaired) electrons. The number of carbonyl (C=O) groups is 1. The second kappa shape index (κ2) is 6.21. The molecular weight excluding hydrogens is 290 g/mol. The Morgan fingerprint density at radius 3 is 2.48 bits per heavy atom. The Morgan fingerprint density at radius 2 is 1.96 bits per heavy atom. The van der Waals surface area contributed by atoms with Gasteiger partial charge in [0.2, 0.25) is 5.91 Å². The van der Waals surface area contributed by atoms with Gasteiger partial charge in [-0.3, -0.25) is 14.7 Å². The van der Waals surface area contributed by atoms with E-state index in [0.717, 1.165) is 45.4 Å². The number of nitrogens with zero attached hydrogens (tertiary/aromatic N) is 3. The normalized spacial score (nSPS) is 27.5. The second-order valence-electron chi connectivity index (χ2n) is 7.57. The largest absolute Gasteiger partial charge is 0.394 e. The molecule has 1 spiro atoms. The van der Waals surface area contributed by atoms with Gasteiger partial charge in [0.25, 0.3) is 0 Å². The van der Waals surface area contributed by atoms with Gasteiger partial charge < -0.3 is 10.0 Å². The predicted molar refractivity (Wildman–Crippen MR) is 88.7 cm³/mol. The first kappa shape index (κ1) is 16.4. The number of amides is 1. The highest BCUT2D eigenvalue weighted by atomic mass is 16.3. The fraction of sp³-hybridized carbons (Fsp3) is 0.667. The molecule has 23 heavy (non-hydrogen) atoms. The maximum atomic E-state index is 12.0. The molecule has 3 heterocycles. The molecule has 0 saturated carbocycles. The molecule has 1 aromatic heterocycles. The lowest BCUT2D eigenvalue weighted by atomic mass is 9.74. The molecule has 2 saturated heterocycles. The van der Waals surface area contributed by atoms with Crippen LogP contribution >= 0.6 is 0 Å². The maximum Gasteiger partial charge on any atom is 0.219 e. The fourth-order valence-electron chi connectivity index (χ4n) is 4.38. The molecule has 1 amide bonds. The average Bonchev–Trinajstić information content (AvgIpc) is 2.85. The van der Waals surface area contributed by atoms with Crippen LogP contribution in [0.25, 0.3) is 0 Å². The topological polar surface area (TPSA) is 56.7 Å². The van der Waals surface area contributed by atoms with E-state index in [0.29, 0.717) is 0 Å². The van der Waals surface area contributed by atoms with Crippen LogP contribution in [0.5, 0.6) is 0 Å². The lowest BCUT2D eigenvalue weighted by Crippen LogP contribution is -2.46. The van der Waals surface area contributed by atoms with E-state index in [4.69, 9.17) is 0 Å². The van der Waals surface area contributed by atoms with E-state index in [9.17, 15) is 9.90 Å². The minimum Gasteiger partial charge on any atom is -0.394 e. The third-order valence-electron chi connectivity index (χ3n) is 5.69. The van der Waals surface area contributed by atoms with E-state index < -0.39 is 0 Å². The van der Waals surface area contributed by atoms with Crippen molar-refractivity contribution in [3.63, 3.8) is 0 Å². The molecule has 2 aliphatic rings. The maximum absolute atomic E-state index is 12.0. The molecule has 0 bridgehead atoms. The van der Waals surface area contributed by atoms with Gasteiger partial charge in [-0.2, -0.15) is 0 Å². The van der Waals surface area contributed by atoms with Crippen LogP contribution in [-0.2, 0) is 11.3 Å². The zero-order chi connectivity index (χ0) is 16.5. The summed E-state index contributed by atoms with van der Waals surface area (Å²) in [6, 6.07) is 4.14. The van der Waals surface area contributed by atoms with E-state index in [2.05, 4.69) is 22.0 Å². The highest BCUT2D eigenvalue weighted by molar-refractivity contribution is 5.74. The van der Waals surface area contributed by atoms with Crippen LogP contribution in [0.15, 0.2) is 24.5 Å². The van der Waals surface area contributed by atoms with E-state index in [-0.39, 0.29) is 23.5 Å². The lowest BCUT2D eigenvalue weighted by Gasteiger charge is -2.39. The molecule has 3 rings (SSSR count). The summed E-state index contributed by atoms with van der Waals surface area (Å²) in [5, 5.41) is 9.80. The van der Waals surface area contributed by atoms with Gasteiger partial charge in [0.05, 0.1) is 12.1 Å².